The number of hydrogen-bond acceptors (Lipinski definition) is 4. The van der Waals surface area contributed by atoms with Crippen LogP contribution >= 0.6 is 0 Å². The summed E-state index contributed by atoms with van der Waals surface area (Å²) in [6.45, 7) is 7.01. The van der Waals surface area contributed by atoms with Gasteiger partial charge in [0.25, 0.3) is 0 Å². The van der Waals surface area contributed by atoms with Gasteiger partial charge >= 0.3 is 17.6 Å². The molecule has 19 heavy (non-hydrogen) atoms. The van der Waals surface area contributed by atoms with Gasteiger partial charge in [-0.15, -0.1) is 6.58 Å². The molecule has 0 aliphatic heterocycles. The molecule has 1 unspecified atom stereocenters. The molecule has 0 rings (SSSR count). The summed E-state index contributed by atoms with van der Waals surface area (Å²) in [5, 5.41) is 0.847. The van der Waals surface area contributed by atoms with Gasteiger partial charge in [-0.3, -0.25) is 9.63 Å². The van der Waals surface area contributed by atoms with Crippen molar-refractivity contribution in [2.75, 3.05) is 13.7 Å². The Bertz CT molecular complexity index is 388. The van der Waals surface area contributed by atoms with Gasteiger partial charge in [-0.05, 0) is 26.7 Å². The molecule has 0 N–H and O–H groups in total. The molecule has 0 radical (unpaired) electrons. The van der Waals surface area contributed by atoms with Crippen LogP contribution in [0, 0.1) is 0 Å². The van der Waals surface area contributed by atoms with Crippen LogP contribution in [-0.2, 0) is 19.2 Å². The molecule has 106 valence electrons. The summed E-state index contributed by atoms with van der Waals surface area (Å²) in [4.78, 5) is 31.1. The Labute approximate surface area is 112 Å². The molecule has 7 heteroatoms. The first-order valence-electron chi connectivity index (χ1n) is 5.92. The van der Waals surface area contributed by atoms with E-state index in [4.69, 9.17) is 10.4 Å². The maximum absolute atomic E-state index is 11.8. The van der Waals surface area contributed by atoms with Crippen LogP contribution in [0.5, 0.6) is 0 Å². The minimum atomic E-state index is -0.996. The van der Waals surface area contributed by atoms with Crippen LogP contribution in [0.25, 0.3) is 5.53 Å². The van der Waals surface area contributed by atoms with E-state index < -0.39 is 17.6 Å². The van der Waals surface area contributed by atoms with Crippen molar-refractivity contribution in [2.45, 2.75) is 32.8 Å². The summed E-state index contributed by atoms with van der Waals surface area (Å²) in [6, 6.07) is 0. The lowest BCUT2D eigenvalue weighted by Gasteiger charge is -2.19. The van der Waals surface area contributed by atoms with E-state index in [9.17, 15) is 9.59 Å². The molecule has 0 aromatic rings. The van der Waals surface area contributed by atoms with Gasteiger partial charge in [0.1, 0.15) is 0 Å². The molecule has 1 atom stereocenters. The van der Waals surface area contributed by atoms with Crippen molar-refractivity contribution in [1.82, 2.24) is 5.06 Å². The largest absolute Gasteiger partial charge is 0.465 e. The van der Waals surface area contributed by atoms with Gasteiger partial charge in [0.05, 0.1) is 12.7 Å². The van der Waals surface area contributed by atoms with Crippen molar-refractivity contribution < 1.29 is 24.0 Å². The van der Waals surface area contributed by atoms with E-state index >= 15 is 0 Å². The molecule has 0 spiro atoms. The van der Waals surface area contributed by atoms with E-state index in [1.165, 1.54) is 7.05 Å². The molecule has 0 heterocycles. The molecular weight excluding hydrogens is 250 g/mol. The van der Waals surface area contributed by atoms with Gasteiger partial charge in [-0.25, -0.2) is 9.86 Å². The molecule has 0 fully saturated rings. The van der Waals surface area contributed by atoms with Gasteiger partial charge in [-0.1, -0.05) is 6.08 Å². The minimum absolute atomic E-state index is 0.0748. The van der Waals surface area contributed by atoms with E-state index in [1.54, 1.807) is 19.9 Å². The summed E-state index contributed by atoms with van der Waals surface area (Å²) in [5.41, 5.74) is 7.97. The molecular formula is C12H19N3O4. The number of allylic oxidation sites excluding steroid dienone is 1. The highest BCUT2D eigenvalue weighted by molar-refractivity contribution is 6.61. The minimum Gasteiger partial charge on any atom is -0.457 e. The molecule has 0 bridgehead atoms. The van der Waals surface area contributed by atoms with E-state index in [1.807, 2.05) is 0 Å². The van der Waals surface area contributed by atoms with Gasteiger partial charge in [0.2, 0.25) is 0 Å². The van der Waals surface area contributed by atoms with Crippen LogP contribution in [0.4, 0.5) is 0 Å². The Morgan fingerprint density at radius 2 is 2.16 bits per heavy atom. The Morgan fingerprint density at radius 1 is 1.53 bits per heavy atom. The van der Waals surface area contributed by atoms with Crippen molar-refractivity contribution in [2.24, 2.45) is 0 Å². The Morgan fingerprint density at radius 3 is 2.63 bits per heavy atom. The van der Waals surface area contributed by atoms with E-state index in [2.05, 4.69) is 16.1 Å². The Kier molecular flexibility index (Phi) is 8.08. The van der Waals surface area contributed by atoms with Crippen molar-refractivity contribution in [3.63, 3.8) is 0 Å². The van der Waals surface area contributed by atoms with Crippen LogP contribution in [-0.4, -0.2) is 47.2 Å². The first kappa shape index (κ1) is 17.0. The summed E-state index contributed by atoms with van der Waals surface area (Å²) in [5.74, 6) is -1.87. The second-order valence-electron chi connectivity index (χ2n) is 3.75. The second kappa shape index (κ2) is 9.02. The molecule has 1 amide bonds. The van der Waals surface area contributed by atoms with Crippen molar-refractivity contribution in [1.29, 1.82) is 0 Å². The number of esters is 1. The van der Waals surface area contributed by atoms with Crippen molar-refractivity contribution >= 4 is 17.6 Å². The highest BCUT2D eigenvalue weighted by atomic mass is 16.7. The fourth-order valence-corrected chi connectivity index (χ4v) is 1.24. The molecule has 0 aliphatic carbocycles. The SMILES string of the molecule is C=CCCC(C)ON(C)C(=O)C(=[N+]=[N-])C(=O)OCC. The number of rotatable bonds is 8. The second-order valence-corrected chi connectivity index (χ2v) is 3.75. The Balaban J connectivity index is 4.57. The van der Waals surface area contributed by atoms with Gasteiger partial charge in [-0.2, -0.15) is 4.79 Å². The number of amides is 1. The lowest BCUT2D eigenvalue weighted by atomic mass is 10.2. The topological polar surface area (TPSA) is 92.2 Å². The molecule has 0 aromatic carbocycles. The normalized spacial score (nSPS) is 11.1. The standard InChI is InChI=1S/C12H19N3O4/c1-5-7-8-9(3)19-15(4)11(16)10(14-13)12(17)18-6-2/h5,9H,1,6-8H2,2-4H3. The van der Waals surface area contributed by atoms with Crippen molar-refractivity contribution in [3.05, 3.63) is 18.2 Å². The fourth-order valence-electron chi connectivity index (χ4n) is 1.24. The van der Waals surface area contributed by atoms with E-state index in [0.29, 0.717) is 6.42 Å². The van der Waals surface area contributed by atoms with Crippen LogP contribution in [0.15, 0.2) is 12.7 Å². The molecule has 0 saturated carbocycles. The monoisotopic (exact) mass is 269 g/mol. The average Bonchev–Trinajstić information content (AvgIpc) is 2.37. The predicted molar refractivity (Wildman–Crippen MR) is 68.0 cm³/mol. The zero-order valence-corrected chi connectivity index (χ0v) is 11.5. The quantitative estimate of drug-likeness (QED) is 0.125. The summed E-state index contributed by atoms with van der Waals surface area (Å²) in [7, 11) is 1.33. The number of hydrogen-bond donors (Lipinski definition) is 0. The third-order valence-corrected chi connectivity index (χ3v) is 2.17. The van der Waals surface area contributed by atoms with E-state index in [-0.39, 0.29) is 12.7 Å². The summed E-state index contributed by atoms with van der Waals surface area (Å²) in [6.07, 6.45) is 2.91. The van der Waals surface area contributed by atoms with Crippen molar-refractivity contribution in [3.8, 4) is 0 Å². The van der Waals surface area contributed by atoms with Gasteiger partial charge < -0.3 is 10.3 Å². The lowest BCUT2D eigenvalue weighted by molar-refractivity contribution is -0.191. The third-order valence-electron chi connectivity index (χ3n) is 2.17. The molecule has 0 aliphatic rings. The maximum Gasteiger partial charge on any atom is 0.465 e. The zero-order valence-electron chi connectivity index (χ0n) is 11.5. The predicted octanol–water partition coefficient (Wildman–Crippen LogP) is 0.965. The summed E-state index contributed by atoms with van der Waals surface area (Å²) < 4.78 is 4.59. The molecule has 7 nitrogen and oxygen atoms in total. The van der Waals surface area contributed by atoms with E-state index in [0.717, 1.165) is 11.5 Å². The maximum atomic E-state index is 11.8. The smallest absolute Gasteiger partial charge is 0.457 e. The molecule has 0 aromatic heterocycles. The average molecular weight is 269 g/mol. The lowest BCUT2D eigenvalue weighted by Crippen LogP contribution is -2.40. The highest BCUT2D eigenvalue weighted by Gasteiger charge is 2.35. The number of carbonyl (C=O) groups excluding carboxylic acids is 2. The number of carbonyl (C=O) groups is 2. The number of hydroxylamine groups is 2. The third kappa shape index (κ3) is 5.94. The number of ether oxygens (including phenoxy) is 1. The van der Waals surface area contributed by atoms with Gasteiger partial charge in [0.15, 0.2) is 0 Å². The zero-order chi connectivity index (χ0) is 14.8. The highest BCUT2D eigenvalue weighted by Crippen LogP contribution is 2.04. The fraction of sp³-hybridized carbons (Fsp3) is 0.583. The first-order valence-corrected chi connectivity index (χ1v) is 5.92. The van der Waals surface area contributed by atoms with Crippen LogP contribution in [0.3, 0.4) is 0 Å². The van der Waals surface area contributed by atoms with Crippen LogP contribution in [0.2, 0.25) is 0 Å². The van der Waals surface area contributed by atoms with Gasteiger partial charge in [0, 0.05) is 7.05 Å². The summed E-state index contributed by atoms with van der Waals surface area (Å²) >= 11 is 0. The van der Waals surface area contributed by atoms with Crippen LogP contribution < -0.4 is 0 Å². The molecule has 0 saturated heterocycles. The van der Waals surface area contributed by atoms with Crippen LogP contribution in [0.1, 0.15) is 26.7 Å². The number of nitrogens with zero attached hydrogens (tertiary/aromatic N) is 3. The first-order chi connectivity index (χ1) is 8.97. The Hall–Kier alpha value is -1.98.